The Morgan fingerprint density at radius 2 is 2.21 bits per heavy atom. The summed E-state index contributed by atoms with van der Waals surface area (Å²) >= 11 is 0.962. The molecule has 0 radical (unpaired) electrons. The van der Waals surface area contributed by atoms with Crippen LogP contribution in [0.3, 0.4) is 0 Å². The number of nitrogens with one attached hydrogen (secondary N) is 1. The van der Waals surface area contributed by atoms with Gasteiger partial charge in [0.25, 0.3) is 0 Å². The lowest BCUT2D eigenvalue weighted by molar-refractivity contribution is -0.123. The molecule has 8 heteroatoms. The van der Waals surface area contributed by atoms with E-state index >= 15 is 0 Å². The summed E-state index contributed by atoms with van der Waals surface area (Å²) < 4.78 is 3.96. The fraction of sp³-hybridized carbons (Fsp3) is 0.455. The number of aryl methyl sites for hydroxylation is 1. The standard InChI is InChI=1S/C11H13N3O4S/c1-5-8(11(17)18)10(19-13-5)14(2)9(16)6-3-4-7(15)12-6/h6H,3-4H2,1-2H3,(H,12,15)(H,17,18)/t6-/m0/s1. The summed E-state index contributed by atoms with van der Waals surface area (Å²) in [5, 5.41) is 12.0. The van der Waals surface area contributed by atoms with Crippen molar-refractivity contribution < 1.29 is 19.5 Å². The van der Waals surface area contributed by atoms with Crippen molar-refractivity contribution >= 4 is 34.3 Å². The normalized spacial score (nSPS) is 18.2. The van der Waals surface area contributed by atoms with E-state index in [-0.39, 0.29) is 22.4 Å². The first kappa shape index (κ1) is 13.5. The number of aromatic carboxylic acids is 1. The highest BCUT2D eigenvalue weighted by atomic mass is 32.1. The highest BCUT2D eigenvalue weighted by Crippen LogP contribution is 2.28. The summed E-state index contributed by atoms with van der Waals surface area (Å²) in [6.45, 7) is 1.58. The van der Waals surface area contributed by atoms with E-state index in [0.717, 1.165) is 11.5 Å². The minimum absolute atomic E-state index is 0.0326. The molecule has 0 bridgehead atoms. The van der Waals surface area contributed by atoms with Crippen molar-refractivity contribution in [2.75, 3.05) is 11.9 Å². The largest absolute Gasteiger partial charge is 0.478 e. The summed E-state index contributed by atoms with van der Waals surface area (Å²) in [5.74, 6) is -1.60. The zero-order chi connectivity index (χ0) is 14.2. The molecule has 102 valence electrons. The number of nitrogens with zero attached hydrogens (tertiary/aromatic N) is 2. The van der Waals surface area contributed by atoms with Crippen LogP contribution in [0.25, 0.3) is 0 Å². The second-order valence-corrected chi connectivity index (χ2v) is 5.06. The molecule has 7 nitrogen and oxygen atoms in total. The fourth-order valence-electron chi connectivity index (χ4n) is 1.97. The van der Waals surface area contributed by atoms with Gasteiger partial charge < -0.3 is 15.3 Å². The van der Waals surface area contributed by atoms with Crippen molar-refractivity contribution in [3.05, 3.63) is 11.3 Å². The summed E-state index contributed by atoms with van der Waals surface area (Å²) in [6, 6.07) is -0.582. The van der Waals surface area contributed by atoms with Crippen LogP contribution in [0.4, 0.5) is 5.00 Å². The van der Waals surface area contributed by atoms with Crippen molar-refractivity contribution in [1.82, 2.24) is 9.69 Å². The molecule has 1 saturated heterocycles. The second kappa shape index (κ2) is 4.96. The number of carbonyl (C=O) groups is 3. The van der Waals surface area contributed by atoms with Gasteiger partial charge in [-0.2, -0.15) is 4.37 Å². The molecule has 2 rings (SSSR count). The third-order valence-electron chi connectivity index (χ3n) is 2.99. The predicted octanol–water partition coefficient (Wildman–Crippen LogP) is 0.391. The van der Waals surface area contributed by atoms with Gasteiger partial charge in [0.1, 0.15) is 16.6 Å². The maximum absolute atomic E-state index is 12.2. The summed E-state index contributed by atoms with van der Waals surface area (Å²) in [5.41, 5.74) is 0.410. The summed E-state index contributed by atoms with van der Waals surface area (Å²) in [6.07, 6.45) is 0.750. The van der Waals surface area contributed by atoms with Crippen LogP contribution in [0.2, 0.25) is 0 Å². The lowest BCUT2D eigenvalue weighted by Crippen LogP contribution is -2.42. The molecule has 0 saturated carbocycles. The Labute approximate surface area is 113 Å². The van der Waals surface area contributed by atoms with Crippen LogP contribution in [0.1, 0.15) is 28.9 Å². The van der Waals surface area contributed by atoms with Gasteiger partial charge in [-0.05, 0) is 24.9 Å². The smallest absolute Gasteiger partial charge is 0.340 e. The molecule has 0 aromatic carbocycles. The van der Waals surface area contributed by atoms with Crippen molar-refractivity contribution in [3.63, 3.8) is 0 Å². The van der Waals surface area contributed by atoms with Crippen LogP contribution < -0.4 is 10.2 Å². The average Bonchev–Trinajstić information content (AvgIpc) is 2.93. The van der Waals surface area contributed by atoms with Crippen molar-refractivity contribution in [1.29, 1.82) is 0 Å². The number of aromatic nitrogens is 1. The molecule has 1 fully saturated rings. The van der Waals surface area contributed by atoms with E-state index in [9.17, 15) is 14.4 Å². The average molecular weight is 283 g/mol. The maximum Gasteiger partial charge on any atom is 0.340 e. The molecule has 0 spiro atoms. The minimum Gasteiger partial charge on any atom is -0.478 e. The van der Waals surface area contributed by atoms with Crippen molar-refractivity contribution in [3.8, 4) is 0 Å². The SMILES string of the molecule is Cc1nsc(N(C)C(=O)[C@@H]2CCC(=O)N2)c1C(=O)O. The van der Waals surface area contributed by atoms with Gasteiger partial charge in [0, 0.05) is 13.5 Å². The molecule has 1 aliphatic rings. The molecule has 0 aliphatic carbocycles. The zero-order valence-corrected chi connectivity index (χ0v) is 11.3. The Kier molecular flexibility index (Phi) is 3.52. The Hall–Kier alpha value is -1.96. The Bertz CT molecular complexity index is 554. The monoisotopic (exact) mass is 283 g/mol. The van der Waals surface area contributed by atoms with Crippen LogP contribution in [0.5, 0.6) is 0 Å². The molecular weight excluding hydrogens is 270 g/mol. The van der Waals surface area contributed by atoms with E-state index < -0.39 is 12.0 Å². The Morgan fingerprint density at radius 3 is 2.74 bits per heavy atom. The van der Waals surface area contributed by atoms with Crippen LogP contribution >= 0.6 is 11.5 Å². The van der Waals surface area contributed by atoms with Crippen molar-refractivity contribution in [2.24, 2.45) is 0 Å². The van der Waals surface area contributed by atoms with Crippen LogP contribution in [-0.4, -0.2) is 40.4 Å². The second-order valence-electron chi connectivity index (χ2n) is 4.31. The Balaban J connectivity index is 2.24. The van der Waals surface area contributed by atoms with Crippen molar-refractivity contribution in [2.45, 2.75) is 25.8 Å². The zero-order valence-electron chi connectivity index (χ0n) is 10.5. The number of carboxylic acids is 1. The van der Waals surface area contributed by atoms with E-state index in [2.05, 4.69) is 9.69 Å². The lowest BCUT2D eigenvalue weighted by atomic mass is 10.2. The van der Waals surface area contributed by atoms with E-state index in [0.29, 0.717) is 18.5 Å². The van der Waals surface area contributed by atoms with E-state index in [4.69, 9.17) is 5.11 Å². The van der Waals surface area contributed by atoms with Gasteiger partial charge >= 0.3 is 5.97 Å². The molecule has 19 heavy (non-hydrogen) atoms. The van der Waals surface area contributed by atoms with Gasteiger partial charge in [-0.15, -0.1) is 0 Å². The molecule has 1 aliphatic heterocycles. The molecular formula is C11H13N3O4S. The van der Waals surface area contributed by atoms with Crippen LogP contribution in [0, 0.1) is 6.92 Å². The highest BCUT2D eigenvalue weighted by molar-refractivity contribution is 7.11. The molecule has 2 amide bonds. The first-order chi connectivity index (χ1) is 8.91. The first-order valence-electron chi connectivity index (χ1n) is 5.68. The Morgan fingerprint density at radius 1 is 1.53 bits per heavy atom. The quantitative estimate of drug-likeness (QED) is 0.836. The number of carboxylic acid groups (broad SMARTS) is 1. The summed E-state index contributed by atoms with van der Waals surface area (Å²) in [4.78, 5) is 35.7. The molecule has 1 aromatic rings. The molecule has 2 heterocycles. The number of rotatable bonds is 3. The van der Waals surface area contributed by atoms with Gasteiger partial charge in [0.05, 0.1) is 5.69 Å². The number of hydrogen-bond acceptors (Lipinski definition) is 5. The molecule has 0 unspecified atom stereocenters. The number of hydrogen-bond donors (Lipinski definition) is 2. The summed E-state index contributed by atoms with van der Waals surface area (Å²) in [7, 11) is 1.49. The molecule has 1 aromatic heterocycles. The highest BCUT2D eigenvalue weighted by Gasteiger charge is 2.32. The van der Waals surface area contributed by atoms with Crippen LogP contribution in [0.15, 0.2) is 0 Å². The number of likely N-dealkylation sites (N-methyl/N-ethyl adjacent to an activating group) is 1. The lowest BCUT2D eigenvalue weighted by Gasteiger charge is -2.19. The van der Waals surface area contributed by atoms with Gasteiger partial charge in [0.2, 0.25) is 11.8 Å². The molecule has 2 N–H and O–H groups in total. The van der Waals surface area contributed by atoms with Gasteiger partial charge in [-0.25, -0.2) is 4.79 Å². The number of carbonyl (C=O) groups excluding carboxylic acids is 2. The maximum atomic E-state index is 12.2. The predicted molar refractivity (Wildman–Crippen MR) is 68.4 cm³/mol. The molecule has 1 atom stereocenters. The topological polar surface area (TPSA) is 99.6 Å². The third kappa shape index (κ3) is 2.43. The van der Waals surface area contributed by atoms with E-state index in [1.54, 1.807) is 6.92 Å². The van der Waals surface area contributed by atoms with Gasteiger partial charge in [-0.1, -0.05) is 0 Å². The minimum atomic E-state index is -1.11. The van der Waals surface area contributed by atoms with Gasteiger partial charge in [-0.3, -0.25) is 9.59 Å². The van der Waals surface area contributed by atoms with E-state index in [1.807, 2.05) is 0 Å². The first-order valence-corrected chi connectivity index (χ1v) is 6.45. The number of amides is 2. The van der Waals surface area contributed by atoms with E-state index in [1.165, 1.54) is 11.9 Å². The number of anilines is 1. The van der Waals surface area contributed by atoms with Gasteiger partial charge in [0.15, 0.2) is 0 Å². The fourth-order valence-corrected chi connectivity index (χ4v) is 2.82. The van der Waals surface area contributed by atoms with Crippen LogP contribution in [-0.2, 0) is 9.59 Å². The third-order valence-corrected chi connectivity index (χ3v) is 4.00.